The van der Waals surface area contributed by atoms with Crippen molar-refractivity contribution in [1.29, 1.82) is 0 Å². The molecule has 1 saturated carbocycles. The van der Waals surface area contributed by atoms with Gasteiger partial charge in [-0.1, -0.05) is 38.0 Å². The van der Waals surface area contributed by atoms with Gasteiger partial charge in [-0.25, -0.2) is 4.79 Å². The first-order valence-corrected chi connectivity index (χ1v) is 10.2. The third kappa shape index (κ3) is 4.75. The fourth-order valence-electron chi connectivity index (χ4n) is 4.01. The normalized spacial score (nSPS) is 17.5. The zero-order valence-corrected chi connectivity index (χ0v) is 16.8. The Hall–Kier alpha value is -2.90. The summed E-state index contributed by atoms with van der Waals surface area (Å²) in [5.74, 6) is -0.752. The lowest BCUT2D eigenvalue weighted by Crippen LogP contribution is -2.44. The predicted molar refractivity (Wildman–Crippen MR) is 108 cm³/mol. The van der Waals surface area contributed by atoms with E-state index in [1.54, 1.807) is 0 Å². The Bertz CT molecular complexity index is 802. The van der Waals surface area contributed by atoms with Crippen LogP contribution in [0.2, 0.25) is 0 Å². The Morgan fingerprint density at radius 3 is 2.59 bits per heavy atom. The summed E-state index contributed by atoms with van der Waals surface area (Å²) in [6.45, 7) is 2.09. The maximum atomic E-state index is 12.5. The number of anilines is 1. The van der Waals surface area contributed by atoms with Gasteiger partial charge < -0.3 is 16.0 Å². The van der Waals surface area contributed by atoms with Crippen molar-refractivity contribution in [2.24, 2.45) is 0 Å². The van der Waals surface area contributed by atoms with Crippen LogP contribution in [0.1, 0.15) is 51.0 Å². The first kappa shape index (κ1) is 20.8. The first-order chi connectivity index (χ1) is 13.9. The van der Waals surface area contributed by atoms with Crippen LogP contribution in [-0.2, 0) is 20.8 Å². The van der Waals surface area contributed by atoms with Crippen LogP contribution in [0, 0.1) is 0 Å². The van der Waals surface area contributed by atoms with Crippen LogP contribution in [0.3, 0.4) is 0 Å². The van der Waals surface area contributed by atoms with Gasteiger partial charge in [-0.05, 0) is 37.3 Å². The number of urea groups is 1. The Kier molecular flexibility index (Phi) is 6.51. The first-order valence-electron chi connectivity index (χ1n) is 10.2. The highest BCUT2D eigenvalue weighted by Crippen LogP contribution is 2.35. The highest BCUT2D eigenvalue weighted by Gasteiger charge is 2.51. The quantitative estimate of drug-likeness (QED) is 0.580. The largest absolute Gasteiger partial charge is 0.347 e. The molecule has 156 valence electrons. The van der Waals surface area contributed by atoms with E-state index in [1.165, 1.54) is 4.90 Å². The lowest BCUT2D eigenvalue weighted by atomic mass is 9.98. The Labute approximate surface area is 170 Å². The summed E-state index contributed by atoms with van der Waals surface area (Å²) in [5.41, 5.74) is 1.06. The third-order valence-corrected chi connectivity index (χ3v) is 5.61. The van der Waals surface area contributed by atoms with Gasteiger partial charge in [0.1, 0.15) is 5.54 Å². The number of carbonyl (C=O) groups is 4. The predicted octanol–water partition coefficient (Wildman–Crippen LogP) is 1.95. The molecule has 29 heavy (non-hydrogen) atoms. The molecule has 1 aromatic rings. The van der Waals surface area contributed by atoms with Crippen LogP contribution in [0.15, 0.2) is 24.3 Å². The van der Waals surface area contributed by atoms with E-state index < -0.39 is 5.54 Å². The van der Waals surface area contributed by atoms with Crippen molar-refractivity contribution in [2.75, 3.05) is 18.4 Å². The van der Waals surface area contributed by atoms with E-state index in [4.69, 9.17) is 0 Å². The van der Waals surface area contributed by atoms with Gasteiger partial charge in [0.15, 0.2) is 0 Å². The lowest BCUT2D eigenvalue weighted by Gasteiger charge is -2.19. The highest BCUT2D eigenvalue weighted by molar-refractivity contribution is 6.07. The summed E-state index contributed by atoms with van der Waals surface area (Å²) in [6, 6.07) is 7.16. The second-order valence-corrected chi connectivity index (χ2v) is 7.62. The molecule has 3 rings (SSSR count). The summed E-state index contributed by atoms with van der Waals surface area (Å²) in [4.78, 5) is 49.9. The van der Waals surface area contributed by atoms with Gasteiger partial charge in [-0.15, -0.1) is 0 Å². The number of hydrogen-bond donors (Lipinski definition) is 3. The summed E-state index contributed by atoms with van der Waals surface area (Å²) in [5, 5.41) is 8.20. The molecule has 8 heteroatoms. The summed E-state index contributed by atoms with van der Waals surface area (Å²) in [6.07, 6.45) is 4.55. The number of amides is 5. The molecule has 1 saturated heterocycles. The van der Waals surface area contributed by atoms with E-state index in [0.717, 1.165) is 30.5 Å². The van der Waals surface area contributed by atoms with Crippen LogP contribution < -0.4 is 16.0 Å². The fraction of sp³-hybridized carbons (Fsp3) is 0.524. The van der Waals surface area contributed by atoms with E-state index in [-0.39, 0.29) is 43.3 Å². The molecule has 1 aromatic carbocycles. The topological polar surface area (TPSA) is 108 Å². The Balaban J connectivity index is 1.38. The number of nitrogens with zero attached hydrogens (tertiary/aromatic N) is 1. The van der Waals surface area contributed by atoms with Crippen molar-refractivity contribution >= 4 is 29.4 Å². The molecule has 0 bridgehead atoms. The highest BCUT2D eigenvalue weighted by atomic mass is 16.2. The average molecular weight is 400 g/mol. The average Bonchev–Trinajstić information content (AvgIpc) is 3.27. The molecule has 2 fully saturated rings. The fourth-order valence-corrected chi connectivity index (χ4v) is 4.01. The van der Waals surface area contributed by atoms with Crippen molar-refractivity contribution in [3.8, 4) is 0 Å². The number of rotatable bonds is 8. The molecule has 8 nitrogen and oxygen atoms in total. The zero-order chi connectivity index (χ0) is 20.9. The van der Waals surface area contributed by atoms with Gasteiger partial charge in [0.25, 0.3) is 5.91 Å². The molecule has 0 aromatic heterocycles. The van der Waals surface area contributed by atoms with Gasteiger partial charge in [-0.2, -0.15) is 0 Å². The van der Waals surface area contributed by atoms with Crippen molar-refractivity contribution in [1.82, 2.24) is 15.5 Å². The number of benzene rings is 1. The van der Waals surface area contributed by atoms with Crippen LogP contribution in [0.5, 0.6) is 0 Å². The molecular formula is C21H28N4O4. The summed E-state index contributed by atoms with van der Waals surface area (Å²) < 4.78 is 0. The molecule has 0 unspecified atom stereocenters. The Morgan fingerprint density at radius 2 is 1.86 bits per heavy atom. The number of aryl methyl sites for hydroxylation is 1. The minimum Gasteiger partial charge on any atom is -0.347 e. The zero-order valence-electron chi connectivity index (χ0n) is 16.8. The molecule has 1 spiro atoms. The monoisotopic (exact) mass is 400 g/mol. The third-order valence-electron chi connectivity index (χ3n) is 5.61. The lowest BCUT2D eigenvalue weighted by molar-refractivity contribution is -0.131. The van der Waals surface area contributed by atoms with E-state index in [0.29, 0.717) is 19.3 Å². The molecule has 3 N–H and O–H groups in total. The van der Waals surface area contributed by atoms with E-state index in [9.17, 15) is 19.2 Å². The number of imide groups is 1. The summed E-state index contributed by atoms with van der Waals surface area (Å²) in [7, 11) is 0. The number of para-hydroxylation sites is 1. The van der Waals surface area contributed by atoms with Crippen molar-refractivity contribution in [3.63, 3.8) is 0 Å². The van der Waals surface area contributed by atoms with Crippen molar-refractivity contribution < 1.29 is 19.2 Å². The van der Waals surface area contributed by atoms with E-state index in [2.05, 4.69) is 16.0 Å². The Morgan fingerprint density at radius 1 is 1.14 bits per heavy atom. The van der Waals surface area contributed by atoms with Crippen molar-refractivity contribution in [3.05, 3.63) is 29.8 Å². The van der Waals surface area contributed by atoms with Crippen LogP contribution in [-0.4, -0.2) is 47.3 Å². The second-order valence-electron chi connectivity index (χ2n) is 7.62. The second kappa shape index (κ2) is 9.07. The number of carbonyl (C=O) groups excluding carboxylic acids is 4. The van der Waals surface area contributed by atoms with Crippen molar-refractivity contribution in [2.45, 2.75) is 57.4 Å². The summed E-state index contributed by atoms with van der Waals surface area (Å²) >= 11 is 0. The van der Waals surface area contributed by atoms with E-state index >= 15 is 0 Å². The van der Waals surface area contributed by atoms with Gasteiger partial charge in [0.2, 0.25) is 11.8 Å². The maximum Gasteiger partial charge on any atom is 0.325 e. The molecule has 1 heterocycles. The minimum absolute atomic E-state index is 0.122. The van der Waals surface area contributed by atoms with Gasteiger partial charge in [0, 0.05) is 18.7 Å². The van der Waals surface area contributed by atoms with E-state index in [1.807, 2.05) is 31.2 Å². The molecule has 0 atom stereocenters. The standard InChI is InChI=1S/C21H28N4O4/c1-2-15-8-3-4-9-16(15)23-18(27)14-22-17(26)10-7-13-25-19(28)21(24-20(25)29)11-5-6-12-21/h3-4,8-9H,2,5-7,10-14H2,1H3,(H,22,26)(H,23,27)(H,24,29). The van der Waals surface area contributed by atoms with Gasteiger partial charge in [0.05, 0.1) is 6.54 Å². The van der Waals surface area contributed by atoms with Gasteiger partial charge >= 0.3 is 6.03 Å². The smallest absolute Gasteiger partial charge is 0.325 e. The minimum atomic E-state index is -0.716. The maximum absolute atomic E-state index is 12.5. The van der Waals surface area contributed by atoms with Crippen LogP contribution >= 0.6 is 0 Å². The number of nitrogens with one attached hydrogen (secondary N) is 3. The molecule has 2 aliphatic rings. The molecule has 0 radical (unpaired) electrons. The molecule has 1 aliphatic carbocycles. The SMILES string of the molecule is CCc1ccccc1NC(=O)CNC(=O)CCCN1C(=O)NC2(CCCC2)C1=O. The van der Waals surface area contributed by atoms with Gasteiger partial charge in [-0.3, -0.25) is 19.3 Å². The molecular weight excluding hydrogens is 372 g/mol. The van der Waals surface area contributed by atoms with Crippen LogP contribution in [0.4, 0.5) is 10.5 Å². The molecule has 1 aliphatic heterocycles. The number of hydrogen-bond acceptors (Lipinski definition) is 4. The van der Waals surface area contributed by atoms with Crippen LogP contribution in [0.25, 0.3) is 0 Å². The molecule has 5 amide bonds.